The minimum absolute atomic E-state index is 0.409. The van der Waals surface area contributed by atoms with Crippen LogP contribution in [0, 0.1) is 0 Å². The van der Waals surface area contributed by atoms with Gasteiger partial charge >= 0.3 is 7.05 Å². The van der Waals surface area contributed by atoms with Crippen LogP contribution in [0.2, 0.25) is 6.82 Å². The summed E-state index contributed by atoms with van der Waals surface area (Å²) in [4.78, 5) is 0. The Kier molecular flexibility index (Phi) is 3.84. The summed E-state index contributed by atoms with van der Waals surface area (Å²) in [5.41, 5.74) is 1.30. The molecular formula is C9H14BNO. The van der Waals surface area contributed by atoms with Crippen molar-refractivity contribution in [1.82, 2.24) is 5.23 Å². The van der Waals surface area contributed by atoms with E-state index in [-0.39, 0.29) is 0 Å². The van der Waals surface area contributed by atoms with Gasteiger partial charge in [-0.2, -0.15) is 0 Å². The van der Waals surface area contributed by atoms with Crippen molar-refractivity contribution in [2.75, 3.05) is 6.54 Å². The molecule has 1 aromatic rings. The van der Waals surface area contributed by atoms with Crippen LogP contribution in [0.15, 0.2) is 30.3 Å². The van der Waals surface area contributed by atoms with E-state index in [4.69, 9.17) is 5.02 Å². The Hall–Kier alpha value is -0.795. The summed E-state index contributed by atoms with van der Waals surface area (Å²) in [6.07, 6.45) is 0.964. The molecule has 0 atom stereocenters. The van der Waals surface area contributed by atoms with Crippen molar-refractivity contribution in [2.45, 2.75) is 13.2 Å². The maximum Gasteiger partial charge on any atom is 0.373 e. The van der Waals surface area contributed by atoms with E-state index in [1.165, 1.54) is 5.56 Å². The van der Waals surface area contributed by atoms with Gasteiger partial charge in [0.15, 0.2) is 0 Å². The number of hydrogen-bond donors (Lipinski definition) is 2. The smallest absolute Gasteiger partial charge is 0.373 e. The van der Waals surface area contributed by atoms with Crippen LogP contribution < -0.4 is 5.23 Å². The molecule has 2 nitrogen and oxygen atoms in total. The molecule has 0 aliphatic carbocycles. The summed E-state index contributed by atoms with van der Waals surface area (Å²) in [6.45, 7) is 2.55. The molecule has 0 aromatic heterocycles. The van der Waals surface area contributed by atoms with E-state index in [1.807, 2.05) is 18.2 Å². The van der Waals surface area contributed by atoms with E-state index < -0.39 is 7.05 Å². The molecule has 0 aliphatic heterocycles. The molecule has 3 heteroatoms. The van der Waals surface area contributed by atoms with Gasteiger partial charge in [-0.25, -0.2) is 0 Å². The molecule has 0 saturated carbocycles. The van der Waals surface area contributed by atoms with Crippen LogP contribution in [-0.4, -0.2) is 18.6 Å². The van der Waals surface area contributed by atoms with Crippen LogP contribution in [-0.2, 0) is 6.42 Å². The zero-order chi connectivity index (χ0) is 8.81. The predicted molar refractivity (Wildman–Crippen MR) is 52.0 cm³/mol. The second-order valence-corrected chi connectivity index (χ2v) is 2.87. The Bertz CT molecular complexity index is 213. The SMILES string of the molecule is CB(O)NCCc1ccccc1. The minimum Gasteiger partial charge on any atom is -0.437 e. The highest BCUT2D eigenvalue weighted by atomic mass is 16.2. The maximum absolute atomic E-state index is 8.92. The highest BCUT2D eigenvalue weighted by Gasteiger charge is 1.99. The van der Waals surface area contributed by atoms with Crippen LogP contribution in [0.25, 0.3) is 0 Å². The zero-order valence-corrected chi connectivity index (χ0v) is 7.33. The van der Waals surface area contributed by atoms with E-state index in [2.05, 4.69) is 17.4 Å². The lowest BCUT2D eigenvalue weighted by molar-refractivity contribution is 0.554. The van der Waals surface area contributed by atoms with Gasteiger partial charge in [0.05, 0.1) is 0 Å². The van der Waals surface area contributed by atoms with Crippen LogP contribution in [0.4, 0.5) is 0 Å². The van der Waals surface area contributed by atoms with Crippen molar-refractivity contribution in [3.8, 4) is 0 Å². The Labute approximate surface area is 73.8 Å². The molecule has 0 bridgehead atoms. The van der Waals surface area contributed by atoms with E-state index in [9.17, 15) is 0 Å². The topological polar surface area (TPSA) is 32.3 Å². The third kappa shape index (κ3) is 3.55. The first kappa shape index (κ1) is 9.29. The number of benzene rings is 1. The fourth-order valence-electron chi connectivity index (χ4n) is 1.07. The van der Waals surface area contributed by atoms with Crippen molar-refractivity contribution in [2.24, 2.45) is 0 Å². The molecule has 1 rings (SSSR count). The van der Waals surface area contributed by atoms with Gasteiger partial charge in [-0.15, -0.1) is 0 Å². The lowest BCUT2D eigenvalue weighted by Gasteiger charge is -2.03. The fraction of sp³-hybridized carbons (Fsp3) is 0.333. The molecule has 0 aliphatic rings. The first-order valence-corrected chi connectivity index (χ1v) is 4.24. The lowest BCUT2D eigenvalue weighted by Crippen LogP contribution is -2.32. The second kappa shape index (κ2) is 4.96. The van der Waals surface area contributed by atoms with Crippen LogP contribution in [0.5, 0.6) is 0 Å². The molecule has 0 amide bonds. The summed E-state index contributed by atoms with van der Waals surface area (Å²) in [5, 5.41) is 11.9. The Morgan fingerprint density at radius 3 is 2.58 bits per heavy atom. The number of rotatable bonds is 4. The van der Waals surface area contributed by atoms with Crippen molar-refractivity contribution in [3.63, 3.8) is 0 Å². The average molecular weight is 163 g/mol. The van der Waals surface area contributed by atoms with E-state index >= 15 is 0 Å². The molecule has 0 fully saturated rings. The zero-order valence-electron chi connectivity index (χ0n) is 7.33. The second-order valence-electron chi connectivity index (χ2n) is 2.87. The lowest BCUT2D eigenvalue weighted by atomic mass is 9.89. The van der Waals surface area contributed by atoms with Gasteiger partial charge in [0.2, 0.25) is 0 Å². The van der Waals surface area contributed by atoms with Gasteiger partial charge < -0.3 is 10.3 Å². The van der Waals surface area contributed by atoms with Crippen molar-refractivity contribution in [3.05, 3.63) is 35.9 Å². The van der Waals surface area contributed by atoms with Gasteiger partial charge in [-0.1, -0.05) is 30.3 Å². The normalized spacial score (nSPS) is 9.83. The first-order valence-electron chi connectivity index (χ1n) is 4.24. The highest BCUT2D eigenvalue weighted by Crippen LogP contribution is 1.97. The van der Waals surface area contributed by atoms with Crippen molar-refractivity contribution >= 4 is 7.05 Å². The average Bonchev–Trinajstić information content (AvgIpc) is 2.05. The summed E-state index contributed by atoms with van der Waals surface area (Å²) < 4.78 is 0. The maximum atomic E-state index is 8.92. The van der Waals surface area contributed by atoms with Crippen LogP contribution in [0.3, 0.4) is 0 Å². The molecular weight excluding hydrogens is 149 g/mol. The van der Waals surface area contributed by atoms with Crippen molar-refractivity contribution < 1.29 is 5.02 Å². The Balaban J connectivity index is 2.25. The molecule has 0 saturated heterocycles. The quantitative estimate of drug-likeness (QED) is 0.647. The van der Waals surface area contributed by atoms with Gasteiger partial charge in [0.1, 0.15) is 0 Å². The molecule has 12 heavy (non-hydrogen) atoms. The Morgan fingerprint density at radius 1 is 1.33 bits per heavy atom. The van der Waals surface area contributed by atoms with E-state index in [1.54, 1.807) is 6.82 Å². The van der Waals surface area contributed by atoms with Crippen LogP contribution >= 0.6 is 0 Å². The molecule has 0 unspecified atom stereocenters. The summed E-state index contributed by atoms with van der Waals surface area (Å²) in [6, 6.07) is 10.2. The standard InChI is InChI=1S/C9H14BNO/c1-10(12)11-8-7-9-5-3-2-4-6-9/h2-6,11-12H,7-8H2,1H3. The predicted octanol–water partition coefficient (Wildman–Crippen LogP) is 0.929. The largest absolute Gasteiger partial charge is 0.437 e. The highest BCUT2D eigenvalue weighted by molar-refractivity contribution is 6.45. The third-order valence-electron chi connectivity index (χ3n) is 1.70. The fourth-order valence-corrected chi connectivity index (χ4v) is 1.07. The molecule has 0 spiro atoms. The monoisotopic (exact) mass is 163 g/mol. The molecule has 64 valence electrons. The summed E-state index contributed by atoms with van der Waals surface area (Å²) in [5.74, 6) is 0. The molecule has 0 heterocycles. The summed E-state index contributed by atoms with van der Waals surface area (Å²) in [7, 11) is -0.409. The van der Waals surface area contributed by atoms with E-state index in [0.29, 0.717) is 0 Å². The first-order chi connectivity index (χ1) is 5.79. The number of hydrogen-bond acceptors (Lipinski definition) is 2. The van der Waals surface area contributed by atoms with Crippen molar-refractivity contribution in [1.29, 1.82) is 0 Å². The molecule has 2 N–H and O–H groups in total. The number of nitrogens with one attached hydrogen (secondary N) is 1. The van der Waals surface area contributed by atoms with Gasteiger partial charge in [0.25, 0.3) is 0 Å². The van der Waals surface area contributed by atoms with Gasteiger partial charge in [-0.3, -0.25) is 0 Å². The summed E-state index contributed by atoms with van der Waals surface area (Å²) >= 11 is 0. The van der Waals surface area contributed by atoms with E-state index in [0.717, 1.165) is 13.0 Å². The third-order valence-corrected chi connectivity index (χ3v) is 1.70. The van der Waals surface area contributed by atoms with Gasteiger partial charge in [-0.05, 0) is 25.4 Å². The molecule has 0 radical (unpaired) electrons. The van der Waals surface area contributed by atoms with Crippen LogP contribution in [0.1, 0.15) is 5.56 Å². The minimum atomic E-state index is -0.409. The Morgan fingerprint density at radius 2 is 2.00 bits per heavy atom. The van der Waals surface area contributed by atoms with Gasteiger partial charge in [0, 0.05) is 0 Å². The molecule has 1 aromatic carbocycles.